The van der Waals surface area contributed by atoms with Crippen molar-refractivity contribution in [1.29, 1.82) is 0 Å². The van der Waals surface area contributed by atoms with Crippen molar-refractivity contribution in [3.05, 3.63) is 30.3 Å². The first-order valence-corrected chi connectivity index (χ1v) is 6.24. The summed E-state index contributed by atoms with van der Waals surface area (Å²) in [7, 11) is 2.06. The number of hydrogen-bond donors (Lipinski definition) is 4. The molecule has 6 nitrogen and oxygen atoms in total. The van der Waals surface area contributed by atoms with Crippen LogP contribution in [0.2, 0.25) is 6.82 Å². The summed E-state index contributed by atoms with van der Waals surface area (Å²) in [5.74, 6) is 1.78. The molecule has 0 spiro atoms. The second-order valence-corrected chi connectivity index (χ2v) is 4.45. The lowest BCUT2D eigenvalue weighted by molar-refractivity contribution is 1.26. The summed E-state index contributed by atoms with van der Waals surface area (Å²) in [5.41, 5.74) is 13.3. The molecule has 6 N–H and O–H groups in total. The summed E-state index contributed by atoms with van der Waals surface area (Å²) in [5, 5.41) is 4.13. The third kappa shape index (κ3) is 2.25. The van der Waals surface area contributed by atoms with Crippen molar-refractivity contribution in [2.45, 2.75) is 6.82 Å². The molecule has 0 aliphatic rings. The molecule has 0 fully saturated rings. The lowest BCUT2D eigenvalue weighted by atomic mass is 9.73. The van der Waals surface area contributed by atoms with Gasteiger partial charge < -0.3 is 21.8 Å². The van der Waals surface area contributed by atoms with Gasteiger partial charge in [-0.2, -0.15) is 4.98 Å². The van der Waals surface area contributed by atoms with Gasteiger partial charge in [0, 0.05) is 0 Å². The highest BCUT2D eigenvalue weighted by molar-refractivity contribution is 6.52. The van der Waals surface area contributed by atoms with E-state index < -0.39 is 0 Å². The first kappa shape index (κ1) is 12.3. The number of anilines is 4. The minimum atomic E-state index is 0.274. The molecule has 7 heteroatoms. The van der Waals surface area contributed by atoms with Crippen LogP contribution in [-0.4, -0.2) is 22.2 Å². The van der Waals surface area contributed by atoms with E-state index in [4.69, 9.17) is 11.5 Å². The Morgan fingerprint density at radius 3 is 2.70 bits per heavy atom. The molecule has 0 saturated carbocycles. The van der Waals surface area contributed by atoms with E-state index in [0.29, 0.717) is 17.6 Å². The molecule has 3 aromatic rings. The van der Waals surface area contributed by atoms with Crippen molar-refractivity contribution in [2.75, 3.05) is 16.8 Å². The van der Waals surface area contributed by atoms with E-state index in [9.17, 15) is 0 Å². The van der Waals surface area contributed by atoms with Crippen molar-refractivity contribution < 1.29 is 0 Å². The summed E-state index contributed by atoms with van der Waals surface area (Å²) in [4.78, 5) is 11.4. The number of rotatable bonds is 3. The fraction of sp³-hybridized carbons (Fsp3) is 0.0769. The zero-order chi connectivity index (χ0) is 14.1. The van der Waals surface area contributed by atoms with Crippen LogP contribution in [0, 0.1) is 0 Å². The average Bonchev–Trinajstić information content (AvgIpc) is 2.76. The van der Waals surface area contributed by atoms with Gasteiger partial charge in [-0.25, -0.2) is 4.98 Å². The molecular weight excluding hydrogens is 251 g/mol. The first-order chi connectivity index (χ1) is 9.65. The molecule has 3 rings (SSSR count). The maximum absolute atomic E-state index is 5.61. The number of nitrogen functional groups attached to an aromatic ring is 2. The number of benzene rings is 1. The number of nitrogens with one attached hydrogen (secondary N) is 2. The van der Waals surface area contributed by atoms with Crippen LogP contribution in [0.3, 0.4) is 0 Å². The number of nitrogens with zero attached hydrogens (tertiary/aromatic N) is 2. The lowest BCUT2D eigenvalue weighted by Crippen LogP contribution is -2.09. The van der Waals surface area contributed by atoms with E-state index in [1.165, 1.54) is 5.46 Å². The fourth-order valence-electron chi connectivity index (χ4n) is 1.97. The molecule has 0 aliphatic carbocycles. The molecule has 0 saturated heterocycles. The fourth-order valence-corrected chi connectivity index (χ4v) is 1.97. The largest absolute Gasteiger partial charge is 0.382 e. The van der Waals surface area contributed by atoms with Gasteiger partial charge >= 0.3 is 0 Å². The van der Waals surface area contributed by atoms with E-state index in [0.717, 1.165) is 10.9 Å². The van der Waals surface area contributed by atoms with Crippen LogP contribution in [-0.2, 0) is 0 Å². The van der Waals surface area contributed by atoms with Gasteiger partial charge in [0.2, 0.25) is 5.95 Å². The standard InChI is InChI=1S/C13H14BN6/c1-14-8-3-4-9-7(6-8)2-5-10(17-9)18-13-19-11(15)12(16)20-13/h2-6H,15-16H2,1H3,(H2,17,18,19,20). The minimum absolute atomic E-state index is 0.274. The number of nitrogens with two attached hydrogens (primary N) is 2. The number of hydrogen-bond acceptors (Lipinski definition) is 5. The quantitative estimate of drug-likeness (QED) is 0.533. The van der Waals surface area contributed by atoms with Crippen LogP contribution >= 0.6 is 0 Å². The van der Waals surface area contributed by atoms with Crippen LogP contribution in [0.5, 0.6) is 0 Å². The highest BCUT2D eigenvalue weighted by atomic mass is 15.2. The Bertz CT molecular complexity index is 747. The summed E-state index contributed by atoms with van der Waals surface area (Å²) >= 11 is 0. The number of H-pyrrole nitrogens is 1. The Hall–Kier alpha value is -2.70. The molecule has 2 aromatic heterocycles. The highest BCUT2D eigenvalue weighted by Crippen LogP contribution is 2.19. The SMILES string of the molecule is C[B]c1ccc2nc(Nc3nc(N)c(N)[nH]3)ccc2c1. The number of fused-ring (bicyclic) bond motifs is 1. The van der Waals surface area contributed by atoms with Gasteiger partial charge in [-0.3, -0.25) is 0 Å². The van der Waals surface area contributed by atoms with Gasteiger partial charge in [0.15, 0.2) is 5.82 Å². The normalized spacial score (nSPS) is 10.7. The third-order valence-electron chi connectivity index (χ3n) is 3.05. The van der Waals surface area contributed by atoms with Gasteiger partial charge in [-0.05, 0) is 23.6 Å². The van der Waals surface area contributed by atoms with E-state index >= 15 is 0 Å². The summed E-state index contributed by atoms with van der Waals surface area (Å²) in [6, 6.07) is 10.0. The molecule has 0 unspecified atom stereocenters. The average molecular weight is 265 g/mol. The van der Waals surface area contributed by atoms with E-state index in [-0.39, 0.29) is 5.82 Å². The van der Waals surface area contributed by atoms with E-state index in [2.05, 4.69) is 33.6 Å². The summed E-state index contributed by atoms with van der Waals surface area (Å²) < 4.78 is 0. The van der Waals surface area contributed by atoms with Crippen LogP contribution in [0.4, 0.5) is 23.4 Å². The molecule has 0 bridgehead atoms. The van der Waals surface area contributed by atoms with Crippen LogP contribution in [0.15, 0.2) is 30.3 Å². The van der Waals surface area contributed by atoms with E-state index in [1.54, 1.807) is 0 Å². The number of pyridine rings is 1. The number of imidazole rings is 1. The zero-order valence-corrected chi connectivity index (χ0v) is 11.0. The second-order valence-electron chi connectivity index (χ2n) is 4.45. The monoisotopic (exact) mass is 265 g/mol. The maximum atomic E-state index is 5.61. The molecule has 20 heavy (non-hydrogen) atoms. The van der Waals surface area contributed by atoms with Crippen molar-refractivity contribution in [1.82, 2.24) is 15.0 Å². The number of aromatic amines is 1. The Morgan fingerprint density at radius 1 is 1.15 bits per heavy atom. The van der Waals surface area contributed by atoms with Crippen molar-refractivity contribution >= 4 is 47.0 Å². The predicted molar refractivity (Wildman–Crippen MR) is 83.7 cm³/mol. The van der Waals surface area contributed by atoms with Crippen LogP contribution < -0.4 is 22.2 Å². The molecule has 0 amide bonds. The third-order valence-corrected chi connectivity index (χ3v) is 3.05. The molecule has 1 aromatic carbocycles. The molecule has 0 atom stereocenters. The molecule has 2 heterocycles. The van der Waals surface area contributed by atoms with E-state index in [1.807, 2.05) is 31.1 Å². The van der Waals surface area contributed by atoms with Gasteiger partial charge in [0.1, 0.15) is 18.9 Å². The molecule has 0 aliphatic heterocycles. The van der Waals surface area contributed by atoms with Gasteiger partial charge in [0.05, 0.1) is 5.52 Å². The van der Waals surface area contributed by atoms with Gasteiger partial charge in [-0.15, -0.1) is 0 Å². The summed E-state index contributed by atoms with van der Waals surface area (Å²) in [6.07, 6.45) is 0. The lowest BCUT2D eigenvalue weighted by Gasteiger charge is -2.05. The molecule has 1 radical (unpaired) electrons. The zero-order valence-electron chi connectivity index (χ0n) is 11.0. The topological polar surface area (TPSA) is 106 Å². The van der Waals surface area contributed by atoms with Crippen molar-refractivity contribution in [3.8, 4) is 0 Å². The Balaban J connectivity index is 1.92. The smallest absolute Gasteiger partial charge is 0.209 e. The Kier molecular flexibility index (Phi) is 2.94. The second kappa shape index (κ2) is 4.77. The van der Waals surface area contributed by atoms with Crippen molar-refractivity contribution in [2.24, 2.45) is 0 Å². The first-order valence-electron chi connectivity index (χ1n) is 6.24. The van der Waals surface area contributed by atoms with Gasteiger partial charge in [-0.1, -0.05) is 24.4 Å². The van der Waals surface area contributed by atoms with Crippen molar-refractivity contribution in [3.63, 3.8) is 0 Å². The predicted octanol–water partition coefficient (Wildman–Crippen LogP) is 1.24. The van der Waals surface area contributed by atoms with Gasteiger partial charge in [0.25, 0.3) is 0 Å². The van der Waals surface area contributed by atoms with Crippen LogP contribution in [0.1, 0.15) is 0 Å². The van der Waals surface area contributed by atoms with Crippen LogP contribution in [0.25, 0.3) is 10.9 Å². The summed E-state index contributed by atoms with van der Waals surface area (Å²) in [6.45, 7) is 2.01. The maximum Gasteiger partial charge on any atom is 0.209 e. The molecule has 99 valence electrons. The minimum Gasteiger partial charge on any atom is -0.382 e. The number of aromatic nitrogens is 3. The Morgan fingerprint density at radius 2 is 2.00 bits per heavy atom. The molecular formula is C13H14BN6. The highest BCUT2D eigenvalue weighted by Gasteiger charge is 2.05. The Labute approximate surface area is 116 Å².